The van der Waals surface area contributed by atoms with Crippen LogP contribution in [0, 0.1) is 0 Å². The summed E-state index contributed by atoms with van der Waals surface area (Å²) in [5, 5.41) is 3.51. The van der Waals surface area contributed by atoms with Gasteiger partial charge in [0.15, 0.2) is 0 Å². The topological polar surface area (TPSA) is 12.0 Å². The summed E-state index contributed by atoms with van der Waals surface area (Å²) in [7, 11) is 0. The number of fused-ring (bicyclic) bond motifs is 1. The minimum Gasteiger partial charge on any atom is -0.385 e. The average molecular weight is 265 g/mol. The van der Waals surface area contributed by atoms with Gasteiger partial charge in [-0.15, -0.1) is 0 Å². The standard InChI is InChI=1S/C19H23N/c1-19(2,3)17-10-8-14(9-11-17)16-7-6-15-5-4-12-20-18(15)13-16/h6-11,13,20H,4-5,12H2,1-3H3. The van der Waals surface area contributed by atoms with Crippen LogP contribution in [0.4, 0.5) is 5.69 Å². The number of anilines is 1. The third kappa shape index (κ3) is 2.58. The fraction of sp³-hybridized carbons (Fsp3) is 0.368. The van der Waals surface area contributed by atoms with Crippen LogP contribution in [0.1, 0.15) is 38.3 Å². The molecule has 0 aromatic heterocycles. The number of aryl methyl sites for hydroxylation is 1. The number of nitrogens with one attached hydrogen (secondary N) is 1. The third-order valence-corrected chi connectivity index (χ3v) is 4.13. The Morgan fingerprint density at radius 2 is 1.60 bits per heavy atom. The van der Waals surface area contributed by atoms with E-state index >= 15 is 0 Å². The molecule has 0 saturated carbocycles. The summed E-state index contributed by atoms with van der Waals surface area (Å²) in [5.74, 6) is 0. The molecule has 1 nitrogen and oxygen atoms in total. The van der Waals surface area contributed by atoms with E-state index < -0.39 is 0 Å². The van der Waals surface area contributed by atoms with Crippen molar-refractivity contribution in [3.05, 3.63) is 53.6 Å². The highest BCUT2D eigenvalue weighted by Gasteiger charge is 2.14. The first kappa shape index (κ1) is 13.2. The molecule has 0 spiro atoms. The highest BCUT2D eigenvalue weighted by molar-refractivity contribution is 5.70. The van der Waals surface area contributed by atoms with E-state index in [1.54, 1.807) is 0 Å². The third-order valence-electron chi connectivity index (χ3n) is 4.13. The first-order valence-electron chi connectivity index (χ1n) is 7.52. The van der Waals surface area contributed by atoms with Crippen molar-refractivity contribution in [2.75, 3.05) is 11.9 Å². The van der Waals surface area contributed by atoms with Crippen molar-refractivity contribution >= 4 is 5.69 Å². The molecule has 1 heterocycles. The molecule has 1 aliphatic heterocycles. The molecule has 2 aromatic carbocycles. The first-order chi connectivity index (χ1) is 9.54. The van der Waals surface area contributed by atoms with E-state index in [1.807, 2.05) is 0 Å². The van der Waals surface area contributed by atoms with Crippen molar-refractivity contribution in [2.45, 2.75) is 39.0 Å². The predicted octanol–water partition coefficient (Wildman–Crippen LogP) is 5.01. The fourth-order valence-electron chi connectivity index (χ4n) is 2.80. The lowest BCUT2D eigenvalue weighted by Gasteiger charge is -2.20. The Balaban J connectivity index is 1.93. The van der Waals surface area contributed by atoms with Crippen molar-refractivity contribution in [1.82, 2.24) is 0 Å². The van der Waals surface area contributed by atoms with Gasteiger partial charge < -0.3 is 5.32 Å². The molecule has 104 valence electrons. The molecule has 1 N–H and O–H groups in total. The highest BCUT2D eigenvalue weighted by atomic mass is 14.9. The van der Waals surface area contributed by atoms with Gasteiger partial charge in [0.25, 0.3) is 0 Å². The monoisotopic (exact) mass is 265 g/mol. The van der Waals surface area contributed by atoms with Crippen molar-refractivity contribution in [3.63, 3.8) is 0 Å². The molecule has 0 fully saturated rings. The second-order valence-corrected chi connectivity index (χ2v) is 6.73. The maximum atomic E-state index is 3.51. The molecule has 0 radical (unpaired) electrons. The normalized spacial score (nSPS) is 14.6. The predicted molar refractivity (Wildman–Crippen MR) is 87.4 cm³/mol. The molecule has 20 heavy (non-hydrogen) atoms. The van der Waals surface area contributed by atoms with Gasteiger partial charge in [0.1, 0.15) is 0 Å². The van der Waals surface area contributed by atoms with Crippen LogP contribution in [-0.2, 0) is 11.8 Å². The minimum absolute atomic E-state index is 0.218. The first-order valence-corrected chi connectivity index (χ1v) is 7.52. The van der Waals surface area contributed by atoms with Crippen LogP contribution in [0.5, 0.6) is 0 Å². The lowest BCUT2D eigenvalue weighted by atomic mass is 9.86. The van der Waals surface area contributed by atoms with Gasteiger partial charge >= 0.3 is 0 Å². The molecule has 0 aliphatic carbocycles. The molecule has 0 atom stereocenters. The van der Waals surface area contributed by atoms with Gasteiger partial charge in [-0.25, -0.2) is 0 Å². The smallest absolute Gasteiger partial charge is 0.0378 e. The Kier molecular flexibility index (Phi) is 3.29. The van der Waals surface area contributed by atoms with E-state index in [-0.39, 0.29) is 5.41 Å². The van der Waals surface area contributed by atoms with Crippen LogP contribution in [-0.4, -0.2) is 6.54 Å². The minimum atomic E-state index is 0.218. The Hall–Kier alpha value is -1.76. The largest absolute Gasteiger partial charge is 0.385 e. The second-order valence-electron chi connectivity index (χ2n) is 6.73. The van der Waals surface area contributed by atoms with Gasteiger partial charge in [0, 0.05) is 12.2 Å². The van der Waals surface area contributed by atoms with E-state index in [0.29, 0.717) is 0 Å². The van der Waals surface area contributed by atoms with Gasteiger partial charge in [0.2, 0.25) is 0 Å². The lowest BCUT2D eigenvalue weighted by molar-refractivity contribution is 0.590. The number of rotatable bonds is 1. The van der Waals surface area contributed by atoms with Crippen molar-refractivity contribution in [1.29, 1.82) is 0 Å². The molecular formula is C19H23N. The molecule has 1 aliphatic rings. The van der Waals surface area contributed by atoms with Crippen LogP contribution in [0.25, 0.3) is 11.1 Å². The number of hydrogen-bond acceptors (Lipinski definition) is 1. The summed E-state index contributed by atoms with van der Waals surface area (Å²) >= 11 is 0. The summed E-state index contributed by atoms with van der Waals surface area (Å²) in [6, 6.07) is 15.8. The van der Waals surface area contributed by atoms with E-state index in [0.717, 1.165) is 6.54 Å². The Labute approximate surface area is 122 Å². The molecular weight excluding hydrogens is 242 g/mol. The van der Waals surface area contributed by atoms with Gasteiger partial charge in [-0.1, -0.05) is 57.2 Å². The molecule has 0 saturated heterocycles. The Bertz CT molecular complexity index is 603. The molecule has 0 unspecified atom stereocenters. The van der Waals surface area contributed by atoms with Gasteiger partial charge in [-0.2, -0.15) is 0 Å². The van der Waals surface area contributed by atoms with E-state index in [9.17, 15) is 0 Å². The maximum absolute atomic E-state index is 3.51. The molecule has 3 rings (SSSR count). The fourth-order valence-corrected chi connectivity index (χ4v) is 2.80. The molecule has 0 bridgehead atoms. The van der Waals surface area contributed by atoms with E-state index in [4.69, 9.17) is 0 Å². The van der Waals surface area contributed by atoms with E-state index in [1.165, 1.54) is 40.8 Å². The van der Waals surface area contributed by atoms with Gasteiger partial charge in [0.05, 0.1) is 0 Å². The molecule has 2 aromatic rings. The zero-order valence-corrected chi connectivity index (χ0v) is 12.7. The van der Waals surface area contributed by atoms with Crippen LogP contribution < -0.4 is 5.32 Å². The maximum Gasteiger partial charge on any atom is 0.0378 e. The Morgan fingerprint density at radius 1 is 0.900 bits per heavy atom. The summed E-state index contributed by atoms with van der Waals surface area (Å²) in [6.45, 7) is 7.86. The quantitative estimate of drug-likeness (QED) is 0.764. The molecule has 1 heteroatoms. The summed E-state index contributed by atoms with van der Waals surface area (Å²) < 4.78 is 0. The van der Waals surface area contributed by atoms with Crippen LogP contribution >= 0.6 is 0 Å². The number of hydrogen-bond donors (Lipinski definition) is 1. The van der Waals surface area contributed by atoms with Gasteiger partial charge in [-0.05, 0) is 46.6 Å². The van der Waals surface area contributed by atoms with Crippen LogP contribution in [0.3, 0.4) is 0 Å². The lowest BCUT2D eigenvalue weighted by Crippen LogP contribution is -2.11. The SMILES string of the molecule is CC(C)(C)c1ccc(-c2ccc3c(c2)NCCC3)cc1. The van der Waals surface area contributed by atoms with Gasteiger partial charge in [-0.3, -0.25) is 0 Å². The zero-order valence-electron chi connectivity index (χ0n) is 12.7. The summed E-state index contributed by atoms with van der Waals surface area (Å²) in [4.78, 5) is 0. The van der Waals surface area contributed by atoms with Crippen molar-refractivity contribution in [2.24, 2.45) is 0 Å². The van der Waals surface area contributed by atoms with Crippen molar-refractivity contribution < 1.29 is 0 Å². The van der Waals surface area contributed by atoms with Crippen LogP contribution in [0.15, 0.2) is 42.5 Å². The zero-order chi connectivity index (χ0) is 14.2. The second kappa shape index (κ2) is 4.97. The van der Waals surface area contributed by atoms with E-state index in [2.05, 4.69) is 68.6 Å². The number of benzene rings is 2. The Morgan fingerprint density at radius 3 is 2.30 bits per heavy atom. The highest BCUT2D eigenvalue weighted by Crippen LogP contribution is 2.30. The summed E-state index contributed by atoms with van der Waals surface area (Å²) in [6.07, 6.45) is 2.44. The van der Waals surface area contributed by atoms with Crippen molar-refractivity contribution in [3.8, 4) is 11.1 Å². The average Bonchev–Trinajstić information content (AvgIpc) is 2.46. The van der Waals surface area contributed by atoms with Crippen LogP contribution in [0.2, 0.25) is 0 Å². The molecule has 0 amide bonds. The summed E-state index contributed by atoms with van der Waals surface area (Å²) in [5.41, 5.74) is 6.97.